The Morgan fingerprint density at radius 2 is 2.00 bits per heavy atom. The number of carbonyl (C=O) groups excluding carboxylic acids is 1. The van der Waals surface area contributed by atoms with Crippen LogP contribution in [0.2, 0.25) is 0 Å². The molecule has 0 aliphatic carbocycles. The molecule has 0 aliphatic heterocycles. The van der Waals surface area contributed by atoms with Gasteiger partial charge in [-0.25, -0.2) is 4.79 Å². The van der Waals surface area contributed by atoms with Crippen molar-refractivity contribution >= 4 is 5.97 Å². The van der Waals surface area contributed by atoms with Crippen molar-refractivity contribution in [1.29, 1.82) is 0 Å². The first-order chi connectivity index (χ1) is 8.13. The van der Waals surface area contributed by atoms with E-state index in [0.29, 0.717) is 19.1 Å². The van der Waals surface area contributed by atoms with Crippen molar-refractivity contribution < 1.29 is 14.3 Å². The largest absolute Gasteiger partial charge is 0.464 e. The molecule has 4 nitrogen and oxygen atoms in total. The van der Waals surface area contributed by atoms with Crippen molar-refractivity contribution in [3.8, 4) is 0 Å². The van der Waals surface area contributed by atoms with E-state index in [-0.39, 0.29) is 12.6 Å². The molecular formula is C13H27NO3. The first-order valence-corrected chi connectivity index (χ1v) is 6.59. The van der Waals surface area contributed by atoms with Gasteiger partial charge < -0.3 is 14.4 Å². The average Bonchev–Trinajstić information content (AvgIpc) is 2.33. The highest BCUT2D eigenvalue weighted by Crippen LogP contribution is 2.03. The smallest absolute Gasteiger partial charge is 0.332 e. The van der Waals surface area contributed by atoms with Crippen molar-refractivity contribution in [2.45, 2.75) is 34.1 Å². The van der Waals surface area contributed by atoms with E-state index in [0.717, 1.165) is 19.6 Å². The van der Waals surface area contributed by atoms with Crippen molar-refractivity contribution in [2.24, 2.45) is 5.92 Å². The summed E-state index contributed by atoms with van der Waals surface area (Å²) in [7, 11) is 0. The lowest BCUT2D eigenvalue weighted by Crippen LogP contribution is -2.32. The summed E-state index contributed by atoms with van der Waals surface area (Å²) in [5.74, 6) is 0.428. The standard InChI is InChI=1S/C13H27NO3/c1-5-12(4)10-14(6-2)8-9-16-11-13(15)17-7-3/h12H,5-11H2,1-4H3. The van der Waals surface area contributed by atoms with Gasteiger partial charge >= 0.3 is 5.97 Å². The average molecular weight is 245 g/mol. The highest BCUT2D eigenvalue weighted by molar-refractivity contribution is 5.70. The summed E-state index contributed by atoms with van der Waals surface area (Å²) >= 11 is 0. The van der Waals surface area contributed by atoms with Gasteiger partial charge in [-0.05, 0) is 19.4 Å². The Hall–Kier alpha value is -0.610. The van der Waals surface area contributed by atoms with E-state index < -0.39 is 0 Å². The maximum atomic E-state index is 11.0. The molecule has 0 spiro atoms. The maximum Gasteiger partial charge on any atom is 0.332 e. The third kappa shape index (κ3) is 9.12. The van der Waals surface area contributed by atoms with Crippen molar-refractivity contribution in [3.63, 3.8) is 0 Å². The summed E-state index contributed by atoms with van der Waals surface area (Å²) < 4.78 is 10.1. The van der Waals surface area contributed by atoms with Crippen LogP contribution in [0.5, 0.6) is 0 Å². The van der Waals surface area contributed by atoms with Crippen molar-refractivity contribution in [1.82, 2.24) is 4.90 Å². The van der Waals surface area contributed by atoms with Crippen LogP contribution in [0.25, 0.3) is 0 Å². The molecule has 0 N–H and O–H groups in total. The molecule has 0 radical (unpaired) electrons. The number of esters is 1. The van der Waals surface area contributed by atoms with Gasteiger partial charge in [0.05, 0.1) is 13.2 Å². The first-order valence-electron chi connectivity index (χ1n) is 6.59. The van der Waals surface area contributed by atoms with Gasteiger partial charge in [-0.2, -0.15) is 0 Å². The molecule has 1 atom stereocenters. The highest BCUT2D eigenvalue weighted by Gasteiger charge is 2.07. The van der Waals surface area contributed by atoms with Crippen LogP contribution in [0.1, 0.15) is 34.1 Å². The fourth-order valence-corrected chi connectivity index (χ4v) is 1.50. The lowest BCUT2D eigenvalue weighted by Gasteiger charge is -2.23. The summed E-state index contributed by atoms with van der Waals surface area (Å²) in [6, 6.07) is 0. The molecule has 1 unspecified atom stereocenters. The number of likely N-dealkylation sites (N-methyl/N-ethyl adjacent to an activating group) is 1. The first kappa shape index (κ1) is 16.4. The topological polar surface area (TPSA) is 38.8 Å². The molecule has 0 saturated heterocycles. The highest BCUT2D eigenvalue weighted by atomic mass is 16.6. The van der Waals surface area contributed by atoms with E-state index in [1.807, 2.05) is 0 Å². The zero-order chi connectivity index (χ0) is 13.1. The normalized spacial score (nSPS) is 12.8. The lowest BCUT2D eigenvalue weighted by atomic mass is 10.1. The zero-order valence-electron chi connectivity index (χ0n) is 11.7. The third-order valence-corrected chi connectivity index (χ3v) is 2.79. The van der Waals surface area contributed by atoms with Gasteiger partial charge in [0.2, 0.25) is 0 Å². The Kier molecular flexibility index (Phi) is 10.2. The van der Waals surface area contributed by atoms with Crippen LogP contribution in [0, 0.1) is 5.92 Å². The Balaban J connectivity index is 3.59. The summed E-state index contributed by atoms with van der Waals surface area (Å²) in [5.41, 5.74) is 0. The van der Waals surface area contributed by atoms with Crippen LogP contribution in [-0.4, -0.2) is 50.3 Å². The number of hydrogen-bond acceptors (Lipinski definition) is 4. The summed E-state index contributed by atoms with van der Waals surface area (Å²) in [5, 5.41) is 0. The predicted molar refractivity (Wildman–Crippen MR) is 69.0 cm³/mol. The Labute approximate surface area is 105 Å². The van der Waals surface area contributed by atoms with E-state index in [2.05, 4.69) is 25.7 Å². The SMILES string of the molecule is CCOC(=O)COCCN(CC)CC(C)CC. The number of carbonyl (C=O) groups is 1. The third-order valence-electron chi connectivity index (χ3n) is 2.79. The molecule has 0 aliphatic rings. The van der Waals surface area contributed by atoms with E-state index in [4.69, 9.17) is 9.47 Å². The van der Waals surface area contributed by atoms with Gasteiger partial charge in [0.15, 0.2) is 0 Å². The number of hydrogen-bond donors (Lipinski definition) is 0. The van der Waals surface area contributed by atoms with Crippen molar-refractivity contribution in [2.75, 3.05) is 39.5 Å². The predicted octanol–water partition coefficient (Wildman–Crippen LogP) is 1.93. The molecule has 0 saturated carbocycles. The second-order valence-electron chi connectivity index (χ2n) is 4.26. The number of nitrogens with zero attached hydrogens (tertiary/aromatic N) is 1. The van der Waals surface area contributed by atoms with E-state index in [9.17, 15) is 4.79 Å². The van der Waals surface area contributed by atoms with Gasteiger partial charge in [-0.15, -0.1) is 0 Å². The number of rotatable bonds is 10. The molecule has 17 heavy (non-hydrogen) atoms. The van der Waals surface area contributed by atoms with Gasteiger partial charge in [-0.1, -0.05) is 27.2 Å². The maximum absolute atomic E-state index is 11.0. The molecule has 0 heterocycles. The molecule has 102 valence electrons. The van der Waals surface area contributed by atoms with Gasteiger partial charge in [0, 0.05) is 13.1 Å². The summed E-state index contributed by atoms with van der Waals surface area (Å²) in [6.07, 6.45) is 1.19. The Morgan fingerprint density at radius 1 is 1.29 bits per heavy atom. The van der Waals surface area contributed by atoms with Gasteiger partial charge in [-0.3, -0.25) is 0 Å². The van der Waals surface area contributed by atoms with Gasteiger partial charge in [0.1, 0.15) is 6.61 Å². The van der Waals surface area contributed by atoms with Crippen LogP contribution < -0.4 is 0 Å². The molecule has 0 rings (SSSR count). The molecule has 0 aromatic rings. The fourth-order valence-electron chi connectivity index (χ4n) is 1.50. The molecule has 0 aromatic heterocycles. The Bertz CT molecular complexity index is 197. The van der Waals surface area contributed by atoms with E-state index in [1.165, 1.54) is 6.42 Å². The quantitative estimate of drug-likeness (QED) is 0.435. The molecule has 0 fully saturated rings. The Morgan fingerprint density at radius 3 is 2.53 bits per heavy atom. The van der Waals surface area contributed by atoms with Crippen LogP contribution in [0.3, 0.4) is 0 Å². The van der Waals surface area contributed by atoms with Crippen LogP contribution in [-0.2, 0) is 14.3 Å². The fraction of sp³-hybridized carbons (Fsp3) is 0.923. The number of ether oxygens (including phenoxy) is 2. The zero-order valence-corrected chi connectivity index (χ0v) is 11.7. The summed E-state index contributed by atoms with van der Waals surface area (Å²) in [4.78, 5) is 13.4. The molecule has 0 bridgehead atoms. The van der Waals surface area contributed by atoms with E-state index in [1.54, 1.807) is 6.92 Å². The molecule has 4 heteroatoms. The summed E-state index contributed by atoms with van der Waals surface area (Å²) in [6.45, 7) is 12.5. The van der Waals surface area contributed by atoms with Crippen LogP contribution in [0.15, 0.2) is 0 Å². The van der Waals surface area contributed by atoms with Crippen LogP contribution >= 0.6 is 0 Å². The second-order valence-corrected chi connectivity index (χ2v) is 4.26. The van der Waals surface area contributed by atoms with Gasteiger partial charge in [0.25, 0.3) is 0 Å². The molecule has 0 aromatic carbocycles. The van der Waals surface area contributed by atoms with Crippen LogP contribution in [0.4, 0.5) is 0 Å². The minimum absolute atomic E-state index is 0.0642. The van der Waals surface area contributed by atoms with E-state index >= 15 is 0 Å². The molecular weight excluding hydrogens is 218 g/mol. The van der Waals surface area contributed by atoms with Crippen molar-refractivity contribution in [3.05, 3.63) is 0 Å². The molecule has 0 amide bonds. The lowest BCUT2D eigenvalue weighted by molar-refractivity contribution is -0.148. The minimum Gasteiger partial charge on any atom is -0.464 e. The minimum atomic E-state index is -0.280. The monoisotopic (exact) mass is 245 g/mol. The second kappa shape index (κ2) is 10.5.